The predicted molar refractivity (Wildman–Crippen MR) is 90.5 cm³/mol. The summed E-state index contributed by atoms with van der Waals surface area (Å²) in [5.74, 6) is 1.18. The molecule has 0 N–H and O–H groups in total. The Morgan fingerprint density at radius 2 is 2.08 bits per heavy atom. The third-order valence-corrected chi connectivity index (χ3v) is 4.92. The van der Waals surface area contributed by atoms with Gasteiger partial charge < -0.3 is 14.4 Å². The molecule has 1 heterocycles. The number of aldehydes is 1. The van der Waals surface area contributed by atoms with Crippen LogP contribution in [-0.4, -0.2) is 42.9 Å². The molecule has 1 amide bonds. The Morgan fingerprint density at radius 3 is 2.79 bits per heavy atom. The average Bonchev–Trinajstić information content (AvgIpc) is 3.25. The Bertz CT molecular complexity index is 647. The average molecular weight is 329 g/mol. The minimum absolute atomic E-state index is 0.0413. The number of benzene rings is 1. The van der Waals surface area contributed by atoms with Crippen LogP contribution in [0.5, 0.6) is 11.5 Å². The number of ether oxygens (including phenoxy) is 2. The molecule has 3 rings (SSSR count). The highest BCUT2D eigenvalue weighted by Gasteiger charge is 2.41. The van der Waals surface area contributed by atoms with Gasteiger partial charge in [0.25, 0.3) is 0 Å². The van der Waals surface area contributed by atoms with Crippen molar-refractivity contribution in [3.05, 3.63) is 35.9 Å². The van der Waals surface area contributed by atoms with Crippen LogP contribution >= 0.6 is 0 Å². The normalized spacial score (nSPS) is 18.1. The maximum Gasteiger partial charge on any atom is 0.226 e. The number of hydrogen-bond donors (Lipinski definition) is 0. The highest BCUT2D eigenvalue weighted by Crippen LogP contribution is 2.39. The first-order valence-corrected chi connectivity index (χ1v) is 8.43. The molecule has 2 aliphatic rings. The SMILES string of the molecule is COc1cc(C=O)ccc1OCCC(=O)N1CC=CC12CCCC2. The van der Waals surface area contributed by atoms with Gasteiger partial charge in [-0.05, 0) is 31.0 Å². The van der Waals surface area contributed by atoms with Crippen LogP contribution in [-0.2, 0) is 4.79 Å². The van der Waals surface area contributed by atoms with Gasteiger partial charge in [-0.25, -0.2) is 0 Å². The number of amides is 1. The second-order valence-electron chi connectivity index (χ2n) is 6.34. The molecule has 5 heteroatoms. The van der Waals surface area contributed by atoms with Crippen LogP contribution in [0, 0.1) is 0 Å². The molecular weight excluding hydrogens is 306 g/mol. The molecule has 1 fully saturated rings. The van der Waals surface area contributed by atoms with Gasteiger partial charge in [-0.2, -0.15) is 0 Å². The zero-order valence-electron chi connectivity index (χ0n) is 14.0. The smallest absolute Gasteiger partial charge is 0.226 e. The highest BCUT2D eigenvalue weighted by molar-refractivity contribution is 5.78. The standard InChI is InChI=1S/C19H23NO4/c1-23-17-13-15(14-21)5-6-16(17)24-12-7-18(22)20-11-4-10-19(20)8-2-3-9-19/h4-6,10,13-14H,2-3,7-9,11-12H2,1H3. The number of carbonyl (C=O) groups is 2. The predicted octanol–water partition coefficient (Wildman–Crippen LogP) is 2.99. The number of carbonyl (C=O) groups excluding carboxylic acids is 2. The van der Waals surface area contributed by atoms with Gasteiger partial charge >= 0.3 is 0 Å². The Labute approximate surface area is 142 Å². The van der Waals surface area contributed by atoms with Crippen molar-refractivity contribution >= 4 is 12.2 Å². The minimum Gasteiger partial charge on any atom is -0.493 e. The minimum atomic E-state index is -0.0413. The van der Waals surface area contributed by atoms with E-state index in [2.05, 4.69) is 12.2 Å². The number of hydrogen-bond acceptors (Lipinski definition) is 4. The molecule has 1 aliphatic heterocycles. The van der Waals surface area contributed by atoms with Crippen LogP contribution in [0.4, 0.5) is 0 Å². The summed E-state index contributed by atoms with van der Waals surface area (Å²) in [5.41, 5.74) is 0.488. The molecule has 0 unspecified atom stereocenters. The van der Waals surface area contributed by atoms with E-state index in [1.54, 1.807) is 18.2 Å². The largest absolute Gasteiger partial charge is 0.493 e. The van der Waals surface area contributed by atoms with Crippen LogP contribution in [0.1, 0.15) is 42.5 Å². The van der Waals surface area contributed by atoms with Crippen LogP contribution in [0.25, 0.3) is 0 Å². The quantitative estimate of drug-likeness (QED) is 0.595. The van der Waals surface area contributed by atoms with Crippen molar-refractivity contribution in [2.45, 2.75) is 37.6 Å². The molecule has 128 valence electrons. The lowest BCUT2D eigenvalue weighted by Gasteiger charge is -2.34. The molecule has 0 atom stereocenters. The second-order valence-corrected chi connectivity index (χ2v) is 6.34. The van der Waals surface area contributed by atoms with Crippen molar-refractivity contribution in [1.29, 1.82) is 0 Å². The summed E-state index contributed by atoms with van der Waals surface area (Å²) < 4.78 is 10.9. The fourth-order valence-electron chi connectivity index (χ4n) is 3.68. The van der Waals surface area contributed by atoms with Crippen molar-refractivity contribution < 1.29 is 19.1 Å². The molecule has 1 aromatic rings. The molecule has 1 aromatic carbocycles. The van der Waals surface area contributed by atoms with Gasteiger partial charge in [0.05, 0.1) is 25.7 Å². The summed E-state index contributed by atoms with van der Waals surface area (Å²) in [6.45, 7) is 0.998. The Hall–Kier alpha value is -2.30. The van der Waals surface area contributed by atoms with Gasteiger partial charge in [0.15, 0.2) is 11.5 Å². The Kier molecular flexibility index (Phi) is 4.88. The third-order valence-electron chi connectivity index (χ3n) is 4.92. The molecule has 0 aromatic heterocycles. The van der Waals surface area contributed by atoms with Crippen molar-refractivity contribution in [2.24, 2.45) is 0 Å². The number of rotatable bonds is 6. The van der Waals surface area contributed by atoms with Crippen LogP contribution < -0.4 is 9.47 Å². The molecule has 1 saturated carbocycles. The van der Waals surface area contributed by atoms with E-state index >= 15 is 0 Å². The Balaban J connectivity index is 1.57. The fourth-order valence-corrected chi connectivity index (χ4v) is 3.68. The van der Waals surface area contributed by atoms with Gasteiger partial charge in [0.1, 0.15) is 6.29 Å². The number of nitrogens with zero attached hydrogens (tertiary/aromatic N) is 1. The van der Waals surface area contributed by atoms with Crippen molar-refractivity contribution in [2.75, 3.05) is 20.3 Å². The van der Waals surface area contributed by atoms with Crippen LogP contribution in [0.15, 0.2) is 30.4 Å². The summed E-state index contributed by atoms with van der Waals surface area (Å²) in [6, 6.07) is 5.00. The molecule has 0 bridgehead atoms. The topological polar surface area (TPSA) is 55.8 Å². The van der Waals surface area contributed by atoms with Crippen molar-refractivity contribution in [3.63, 3.8) is 0 Å². The molecule has 1 aliphatic carbocycles. The van der Waals surface area contributed by atoms with Crippen LogP contribution in [0.2, 0.25) is 0 Å². The first-order chi connectivity index (χ1) is 11.7. The van der Waals surface area contributed by atoms with E-state index in [9.17, 15) is 9.59 Å². The van der Waals surface area contributed by atoms with Gasteiger partial charge in [-0.15, -0.1) is 0 Å². The van der Waals surface area contributed by atoms with E-state index in [0.717, 1.165) is 19.1 Å². The van der Waals surface area contributed by atoms with E-state index in [1.165, 1.54) is 20.0 Å². The molecule has 24 heavy (non-hydrogen) atoms. The summed E-state index contributed by atoms with van der Waals surface area (Å²) in [5, 5.41) is 0. The molecule has 5 nitrogen and oxygen atoms in total. The zero-order valence-corrected chi connectivity index (χ0v) is 14.0. The lowest BCUT2D eigenvalue weighted by molar-refractivity contribution is -0.134. The van der Waals surface area contributed by atoms with E-state index in [-0.39, 0.29) is 11.4 Å². The monoisotopic (exact) mass is 329 g/mol. The summed E-state index contributed by atoms with van der Waals surface area (Å²) >= 11 is 0. The lowest BCUT2D eigenvalue weighted by Crippen LogP contribution is -2.46. The van der Waals surface area contributed by atoms with E-state index in [4.69, 9.17) is 9.47 Å². The van der Waals surface area contributed by atoms with Crippen molar-refractivity contribution in [3.8, 4) is 11.5 Å². The van der Waals surface area contributed by atoms with Gasteiger partial charge in [-0.1, -0.05) is 25.0 Å². The highest BCUT2D eigenvalue weighted by atomic mass is 16.5. The molecule has 0 radical (unpaired) electrons. The first-order valence-electron chi connectivity index (χ1n) is 8.43. The van der Waals surface area contributed by atoms with Gasteiger partial charge in [0, 0.05) is 12.1 Å². The third kappa shape index (κ3) is 3.16. The molecule has 1 spiro atoms. The maximum atomic E-state index is 12.6. The zero-order chi connectivity index (χ0) is 17.0. The molecular formula is C19H23NO4. The van der Waals surface area contributed by atoms with Gasteiger partial charge in [-0.3, -0.25) is 9.59 Å². The number of methoxy groups -OCH3 is 1. The lowest BCUT2D eigenvalue weighted by atomic mass is 9.97. The first kappa shape index (κ1) is 16.6. The Morgan fingerprint density at radius 1 is 1.29 bits per heavy atom. The van der Waals surface area contributed by atoms with Crippen LogP contribution in [0.3, 0.4) is 0 Å². The molecule has 0 saturated heterocycles. The second kappa shape index (κ2) is 7.07. The van der Waals surface area contributed by atoms with Crippen molar-refractivity contribution in [1.82, 2.24) is 4.90 Å². The van der Waals surface area contributed by atoms with E-state index in [1.807, 2.05) is 4.90 Å². The fraction of sp³-hybridized carbons (Fsp3) is 0.474. The maximum absolute atomic E-state index is 12.6. The summed E-state index contributed by atoms with van der Waals surface area (Å²) in [7, 11) is 1.53. The van der Waals surface area contributed by atoms with E-state index in [0.29, 0.717) is 36.6 Å². The van der Waals surface area contributed by atoms with E-state index < -0.39 is 0 Å². The van der Waals surface area contributed by atoms with Gasteiger partial charge in [0.2, 0.25) is 5.91 Å². The summed E-state index contributed by atoms with van der Waals surface area (Å²) in [4.78, 5) is 25.4. The summed E-state index contributed by atoms with van der Waals surface area (Å²) in [6.07, 6.45) is 9.91.